The van der Waals surface area contributed by atoms with Crippen LogP contribution in [0.5, 0.6) is 0 Å². The van der Waals surface area contributed by atoms with E-state index < -0.39 is 10.4 Å². The highest BCUT2D eigenvalue weighted by Gasteiger charge is 2.01. The summed E-state index contributed by atoms with van der Waals surface area (Å²) in [4.78, 5) is 0. The number of benzene rings is 2. The predicted octanol–water partition coefficient (Wildman–Crippen LogP) is 2.23. The summed E-state index contributed by atoms with van der Waals surface area (Å²) in [5.74, 6) is 0. The van der Waals surface area contributed by atoms with E-state index in [9.17, 15) is 0 Å². The van der Waals surface area contributed by atoms with Gasteiger partial charge in [-0.05, 0) is 24.3 Å². The maximum absolute atomic E-state index is 8.52. The van der Waals surface area contributed by atoms with Crippen molar-refractivity contribution in [1.82, 2.24) is 0 Å². The van der Waals surface area contributed by atoms with Crippen molar-refractivity contribution in [2.45, 2.75) is 0 Å². The average Bonchev–Trinajstić information content (AvgIpc) is 2.48. The molecule has 0 aromatic heterocycles. The van der Waals surface area contributed by atoms with Crippen LogP contribution in [0.2, 0.25) is 0 Å². The molecule has 0 N–H and O–H groups in total. The van der Waals surface area contributed by atoms with E-state index >= 15 is 0 Å². The molecular weight excluding hydrogens is 350 g/mol. The average molecular weight is 374 g/mol. The Labute approximate surface area is 142 Å². The summed E-state index contributed by atoms with van der Waals surface area (Å²) >= 11 is 0. The molecule has 0 amide bonds. The van der Waals surface area contributed by atoms with Gasteiger partial charge in [0.05, 0.1) is 37.3 Å². The fraction of sp³-hybridized carbons (Fsp3) is 0.250. The van der Waals surface area contributed by atoms with E-state index in [1.54, 1.807) is 0 Å². The van der Waals surface area contributed by atoms with Crippen LogP contribution in [0.25, 0.3) is 0 Å². The van der Waals surface area contributed by atoms with Crippen molar-refractivity contribution in [2.24, 2.45) is 0 Å². The topological polar surface area (TPSA) is 80.3 Å². The maximum Gasteiger partial charge on any atom is 0.0908 e. The molecule has 0 radical (unpaired) electrons. The SMILES string of the molecule is C[PH+](C)c1ccccc1.C[PH+](C)c1ccccc1.O=S(=O)([O-])[O-]. The molecule has 4 nitrogen and oxygen atoms in total. The van der Waals surface area contributed by atoms with Gasteiger partial charge in [0.15, 0.2) is 0 Å². The lowest BCUT2D eigenvalue weighted by molar-refractivity contribution is 0.352. The van der Waals surface area contributed by atoms with E-state index in [1.807, 2.05) is 0 Å². The van der Waals surface area contributed by atoms with Crippen LogP contribution >= 0.6 is 15.8 Å². The zero-order chi connectivity index (χ0) is 17.9. The fourth-order valence-electron chi connectivity index (χ4n) is 1.54. The minimum absolute atomic E-state index is 0.212. The van der Waals surface area contributed by atoms with Crippen molar-refractivity contribution in [1.29, 1.82) is 0 Å². The monoisotopic (exact) mass is 374 g/mol. The Morgan fingerprint density at radius 2 is 0.870 bits per heavy atom. The smallest absolute Gasteiger partial charge is 0.0908 e. The second kappa shape index (κ2) is 11.7. The lowest BCUT2D eigenvalue weighted by atomic mass is 10.4. The normalized spacial score (nSPS) is 10.4. The summed E-state index contributed by atoms with van der Waals surface area (Å²) in [5, 5.41) is 3.03. The van der Waals surface area contributed by atoms with E-state index in [2.05, 4.69) is 87.3 Å². The van der Waals surface area contributed by atoms with Gasteiger partial charge in [-0.2, -0.15) is 0 Å². The third-order valence-corrected chi connectivity index (χ3v) is 5.68. The lowest BCUT2D eigenvalue weighted by Gasteiger charge is -2.06. The summed E-state index contributed by atoms with van der Waals surface area (Å²) in [6, 6.07) is 21.4. The summed E-state index contributed by atoms with van der Waals surface area (Å²) in [7, 11) is -5.59. The maximum atomic E-state index is 8.52. The first-order valence-electron chi connectivity index (χ1n) is 6.99. The first kappa shape index (κ1) is 22.2. The standard InChI is InChI=1S/2C8H11P.H2O4S/c2*1-9(2)8-6-4-3-5-7-8;1-5(2,3)4/h2*3-7H,1-2H3;(H2,1,2,3,4). The number of hydrogen-bond acceptors (Lipinski definition) is 4. The molecular formula is C16H24O4P2S. The second-order valence-corrected chi connectivity index (χ2v) is 11.1. The molecule has 128 valence electrons. The van der Waals surface area contributed by atoms with Gasteiger partial charge in [-0.1, -0.05) is 36.4 Å². The largest absolute Gasteiger partial charge is 0.759 e. The summed E-state index contributed by atoms with van der Waals surface area (Å²) < 4.78 is 34.1. The molecule has 23 heavy (non-hydrogen) atoms. The van der Waals surface area contributed by atoms with E-state index in [0.29, 0.717) is 0 Å². The predicted molar refractivity (Wildman–Crippen MR) is 103 cm³/mol. The minimum atomic E-state index is -5.17. The molecule has 0 atom stereocenters. The summed E-state index contributed by atoms with van der Waals surface area (Å²) in [5.41, 5.74) is 0. The Balaban J connectivity index is 0.000000332. The van der Waals surface area contributed by atoms with Crippen molar-refractivity contribution in [3.05, 3.63) is 60.7 Å². The molecule has 0 heterocycles. The molecule has 0 unspecified atom stereocenters. The van der Waals surface area contributed by atoms with Gasteiger partial charge in [-0.25, -0.2) is 0 Å². The Bertz CT molecular complexity index is 578. The molecule has 0 aliphatic heterocycles. The molecule has 0 aliphatic carbocycles. The number of hydrogen-bond donors (Lipinski definition) is 0. The van der Waals surface area contributed by atoms with Gasteiger partial charge in [0.25, 0.3) is 0 Å². The number of rotatable bonds is 2. The zero-order valence-corrected chi connectivity index (χ0v) is 16.6. The molecule has 2 rings (SSSR count). The molecule has 0 spiro atoms. The van der Waals surface area contributed by atoms with Crippen molar-refractivity contribution in [3.63, 3.8) is 0 Å². The van der Waals surface area contributed by atoms with Crippen LogP contribution in [0.15, 0.2) is 60.7 Å². The van der Waals surface area contributed by atoms with Crippen LogP contribution in [0, 0.1) is 0 Å². The van der Waals surface area contributed by atoms with Gasteiger partial charge in [-0.3, -0.25) is 8.42 Å². The Morgan fingerprint density at radius 1 is 0.652 bits per heavy atom. The molecule has 7 heteroatoms. The zero-order valence-electron chi connectivity index (χ0n) is 13.8. The van der Waals surface area contributed by atoms with Gasteiger partial charge >= 0.3 is 0 Å². The van der Waals surface area contributed by atoms with Gasteiger partial charge in [0.1, 0.15) is 0 Å². The molecule has 2 aromatic carbocycles. The van der Waals surface area contributed by atoms with Crippen molar-refractivity contribution < 1.29 is 17.5 Å². The Morgan fingerprint density at radius 3 is 1.00 bits per heavy atom. The van der Waals surface area contributed by atoms with E-state index in [0.717, 1.165) is 0 Å². The minimum Gasteiger partial charge on any atom is -0.759 e. The Hall–Kier alpha value is -0.830. The van der Waals surface area contributed by atoms with Crippen LogP contribution in [0.4, 0.5) is 0 Å². The molecule has 0 fully saturated rings. The fourth-order valence-corrected chi connectivity index (χ4v) is 3.26. The molecule has 0 saturated heterocycles. The van der Waals surface area contributed by atoms with Gasteiger partial charge in [0.2, 0.25) is 0 Å². The lowest BCUT2D eigenvalue weighted by Crippen LogP contribution is -1.95. The van der Waals surface area contributed by atoms with E-state index in [-0.39, 0.29) is 15.8 Å². The first-order valence-corrected chi connectivity index (χ1v) is 13.3. The third-order valence-electron chi connectivity index (χ3n) is 2.70. The molecule has 0 bridgehead atoms. The molecule has 0 aliphatic rings. The van der Waals surface area contributed by atoms with Gasteiger partial charge < -0.3 is 9.11 Å². The van der Waals surface area contributed by atoms with E-state index in [1.165, 1.54) is 10.6 Å². The summed E-state index contributed by atoms with van der Waals surface area (Å²) in [6.07, 6.45) is 0. The van der Waals surface area contributed by atoms with Crippen molar-refractivity contribution in [3.8, 4) is 0 Å². The van der Waals surface area contributed by atoms with Gasteiger partial charge in [-0.15, -0.1) is 0 Å². The van der Waals surface area contributed by atoms with Crippen LogP contribution in [0.1, 0.15) is 0 Å². The van der Waals surface area contributed by atoms with Crippen LogP contribution < -0.4 is 10.6 Å². The van der Waals surface area contributed by atoms with Crippen LogP contribution in [-0.4, -0.2) is 44.2 Å². The van der Waals surface area contributed by atoms with E-state index in [4.69, 9.17) is 17.5 Å². The van der Waals surface area contributed by atoms with Crippen LogP contribution in [-0.2, 0) is 10.4 Å². The molecule has 2 aromatic rings. The molecule has 0 saturated carbocycles. The quantitative estimate of drug-likeness (QED) is 0.459. The van der Waals surface area contributed by atoms with Crippen molar-refractivity contribution >= 4 is 36.9 Å². The Kier molecular flexibility index (Phi) is 11.2. The first-order chi connectivity index (χ1) is 10.6. The second-order valence-electron chi connectivity index (χ2n) is 5.14. The van der Waals surface area contributed by atoms with Crippen molar-refractivity contribution in [2.75, 3.05) is 26.7 Å². The summed E-state index contributed by atoms with van der Waals surface area (Å²) in [6.45, 7) is 9.22. The van der Waals surface area contributed by atoms with Crippen LogP contribution in [0.3, 0.4) is 0 Å². The highest BCUT2D eigenvalue weighted by Crippen LogP contribution is 2.22. The highest BCUT2D eigenvalue weighted by atomic mass is 32.3. The van der Waals surface area contributed by atoms with Gasteiger partial charge in [0, 0.05) is 26.2 Å². The third kappa shape index (κ3) is 14.5. The highest BCUT2D eigenvalue weighted by molar-refractivity contribution is 7.79.